The van der Waals surface area contributed by atoms with E-state index in [0.717, 1.165) is 11.1 Å². The van der Waals surface area contributed by atoms with Gasteiger partial charge in [0.15, 0.2) is 6.10 Å². The van der Waals surface area contributed by atoms with Crippen LogP contribution in [0, 0.1) is 12.8 Å². The molecule has 0 aliphatic rings. The van der Waals surface area contributed by atoms with E-state index in [1.165, 1.54) is 0 Å². The summed E-state index contributed by atoms with van der Waals surface area (Å²) in [7, 11) is 0. The van der Waals surface area contributed by atoms with Crippen LogP contribution in [0.5, 0.6) is 5.75 Å². The van der Waals surface area contributed by atoms with E-state index in [9.17, 15) is 9.59 Å². The predicted molar refractivity (Wildman–Crippen MR) is 89.8 cm³/mol. The Kier molecular flexibility index (Phi) is 6.61. The molecule has 0 bridgehead atoms. The van der Waals surface area contributed by atoms with E-state index in [4.69, 9.17) is 9.84 Å². The number of hydrogen-bond donors (Lipinski definition) is 2. The number of carbonyl (C=O) groups is 2. The molecular weight excluding hydrogens is 294 g/mol. The van der Waals surface area contributed by atoms with Gasteiger partial charge in [-0.25, -0.2) is 0 Å². The Balaban J connectivity index is 2.75. The molecule has 1 aromatic rings. The number of carbonyl (C=O) groups excluding carboxylic acids is 1. The molecule has 2 N–H and O–H groups in total. The van der Waals surface area contributed by atoms with Gasteiger partial charge in [-0.3, -0.25) is 9.59 Å². The second-order valence-electron chi connectivity index (χ2n) is 6.36. The van der Waals surface area contributed by atoms with Gasteiger partial charge < -0.3 is 15.2 Å². The highest BCUT2D eigenvalue weighted by atomic mass is 16.5. The van der Waals surface area contributed by atoms with E-state index in [2.05, 4.69) is 19.2 Å². The fourth-order valence-electron chi connectivity index (χ4n) is 2.03. The minimum Gasteiger partial charge on any atom is -0.481 e. The molecule has 3 unspecified atom stereocenters. The van der Waals surface area contributed by atoms with Gasteiger partial charge in [0, 0.05) is 6.04 Å². The molecule has 0 aliphatic carbocycles. The number of carboxylic acid groups (broad SMARTS) is 1. The fourth-order valence-corrected chi connectivity index (χ4v) is 2.03. The predicted octanol–water partition coefficient (Wildman–Crippen LogP) is 3.11. The SMILES string of the molecule is Cc1ccc(C(C)C)cc1OC(C)C(=O)NC(C)C(C)C(=O)O. The zero-order chi connectivity index (χ0) is 17.7. The molecule has 0 radical (unpaired) electrons. The third-order valence-corrected chi connectivity index (χ3v) is 4.06. The van der Waals surface area contributed by atoms with E-state index < -0.39 is 24.0 Å². The summed E-state index contributed by atoms with van der Waals surface area (Å²) in [5.74, 6) is -0.861. The highest BCUT2D eigenvalue weighted by molar-refractivity contribution is 5.82. The molecule has 0 aromatic heterocycles. The van der Waals surface area contributed by atoms with Gasteiger partial charge in [0.2, 0.25) is 0 Å². The number of rotatable bonds is 7. The van der Waals surface area contributed by atoms with Gasteiger partial charge in [-0.15, -0.1) is 0 Å². The number of carboxylic acids is 1. The van der Waals surface area contributed by atoms with Gasteiger partial charge in [-0.2, -0.15) is 0 Å². The molecular formula is C18H27NO4. The lowest BCUT2D eigenvalue weighted by Crippen LogP contribution is -2.45. The largest absolute Gasteiger partial charge is 0.481 e. The lowest BCUT2D eigenvalue weighted by atomic mass is 10.0. The Bertz CT molecular complexity index is 568. The number of hydrogen-bond acceptors (Lipinski definition) is 3. The summed E-state index contributed by atoms with van der Waals surface area (Å²) in [4.78, 5) is 23.1. The highest BCUT2D eigenvalue weighted by Crippen LogP contribution is 2.25. The summed E-state index contributed by atoms with van der Waals surface area (Å²) in [6, 6.07) is 5.51. The molecule has 0 fully saturated rings. The minimum absolute atomic E-state index is 0.319. The Morgan fingerprint density at radius 3 is 2.26 bits per heavy atom. The number of aryl methyl sites for hydroxylation is 1. The van der Waals surface area contributed by atoms with Gasteiger partial charge in [0.05, 0.1) is 5.92 Å². The topological polar surface area (TPSA) is 75.6 Å². The second kappa shape index (κ2) is 7.99. The molecule has 0 spiro atoms. The molecule has 5 heteroatoms. The van der Waals surface area contributed by atoms with Crippen molar-refractivity contribution in [3.05, 3.63) is 29.3 Å². The second-order valence-corrected chi connectivity index (χ2v) is 6.36. The van der Waals surface area contributed by atoms with Gasteiger partial charge in [0.1, 0.15) is 5.75 Å². The molecule has 5 nitrogen and oxygen atoms in total. The van der Waals surface area contributed by atoms with Gasteiger partial charge in [-0.1, -0.05) is 26.0 Å². The average Bonchev–Trinajstić information content (AvgIpc) is 2.47. The number of aliphatic carboxylic acids is 1. The molecule has 0 aliphatic heterocycles. The van der Waals surface area contributed by atoms with Crippen LogP contribution in [0.25, 0.3) is 0 Å². The molecule has 1 amide bonds. The van der Waals surface area contributed by atoms with Gasteiger partial charge in [0.25, 0.3) is 5.91 Å². The summed E-state index contributed by atoms with van der Waals surface area (Å²) in [6.07, 6.45) is -0.695. The zero-order valence-electron chi connectivity index (χ0n) is 14.7. The van der Waals surface area contributed by atoms with Crippen LogP contribution in [0.15, 0.2) is 18.2 Å². The van der Waals surface area contributed by atoms with Crippen molar-refractivity contribution >= 4 is 11.9 Å². The van der Waals surface area contributed by atoms with Crippen molar-refractivity contribution in [3.63, 3.8) is 0 Å². The van der Waals surface area contributed by atoms with Crippen LogP contribution in [0.1, 0.15) is 51.7 Å². The molecule has 1 rings (SSSR count). The van der Waals surface area contributed by atoms with E-state index in [-0.39, 0.29) is 5.91 Å². The van der Waals surface area contributed by atoms with Crippen molar-refractivity contribution in [2.24, 2.45) is 5.92 Å². The molecule has 128 valence electrons. The van der Waals surface area contributed by atoms with E-state index >= 15 is 0 Å². The monoisotopic (exact) mass is 321 g/mol. The van der Waals surface area contributed by atoms with E-state index in [1.807, 2.05) is 25.1 Å². The van der Waals surface area contributed by atoms with Crippen LogP contribution in [0.2, 0.25) is 0 Å². The maximum atomic E-state index is 12.2. The summed E-state index contributed by atoms with van der Waals surface area (Å²) in [5.41, 5.74) is 2.10. The summed E-state index contributed by atoms with van der Waals surface area (Å²) in [5, 5.41) is 11.7. The third-order valence-electron chi connectivity index (χ3n) is 4.06. The summed E-state index contributed by atoms with van der Waals surface area (Å²) < 4.78 is 5.78. The zero-order valence-corrected chi connectivity index (χ0v) is 14.7. The molecule has 0 heterocycles. The van der Waals surface area contributed by atoms with Crippen molar-refractivity contribution < 1.29 is 19.4 Å². The Labute approximate surface area is 138 Å². The van der Waals surface area contributed by atoms with Crippen LogP contribution < -0.4 is 10.1 Å². The lowest BCUT2D eigenvalue weighted by molar-refractivity contribution is -0.142. The molecule has 23 heavy (non-hydrogen) atoms. The van der Waals surface area contributed by atoms with Crippen molar-refractivity contribution in [2.45, 2.75) is 59.6 Å². The van der Waals surface area contributed by atoms with E-state index in [0.29, 0.717) is 11.7 Å². The first kappa shape index (κ1) is 19.0. The average molecular weight is 321 g/mol. The normalized spacial score (nSPS) is 14.9. The minimum atomic E-state index is -0.938. The first-order valence-electron chi connectivity index (χ1n) is 7.93. The van der Waals surface area contributed by atoms with Crippen LogP contribution >= 0.6 is 0 Å². The smallest absolute Gasteiger partial charge is 0.308 e. The summed E-state index contributed by atoms with van der Waals surface area (Å²) in [6.45, 7) is 11.0. The lowest BCUT2D eigenvalue weighted by Gasteiger charge is -2.22. The standard InChI is InChI=1S/C18H27NO4/c1-10(2)15-8-7-11(3)16(9-15)23-14(6)17(20)19-13(5)12(4)18(21)22/h7-10,12-14H,1-6H3,(H,19,20)(H,21,22). The van der Waals surface area contributed by atoms with Gasteiger partial charge >= 0.3 is 5.97 Å². The molecule has 0 saturated heterocycles. The Hall–Kier alpha value is -2.04. The van der Waals surface area contributed by atoms with Crippen LogP contribution in [0.3, 0.4) is 0 Å². The number of ether oxygens (including phenoxy) is 1. The third kappa shape index (κ3) is 5.27. The molecule has 3 atom stereocenters. The maximum absolute atomic E-state index is 12.2. The quantitative estimate of drug-likeness (QED) is 0.809. The molecule has 0 saturated carbocycles. The summed E-state index contributed by atoms with van der Waals surface area (Å²) >= 11 is 0. The first-order valence-corrected chi connectivity index (χ1v) is 7.93. The Morgan fingerprint density at radius 2 is 1.74 bits per heavy atom. The first-order chi connectivity index (χ1) is 10.6. The van der Waals surface area contributed by atoms with Crippen LogP contribution in [-0.2, 0) is 9.59 Å². The van der Waals surface area contributed by atoms with Crippen molar-refractivity contribution in [1.82, 2.24) is 5.32 Å². The maximum Gasteiger partial charge on any atom is 0.308 e. The van der Waals surface area contributed by atoms with Crippen LogP contribution in [-0.4, -0.2) is 29.1 Å². The van der Waals surface area contributed by atoms with E-state index in [1.54, 1.807) is 20.8 Å². The van der Waals surface area contributed by atoms with Crippen molar-refractivity contribution in [1.29, 1.82) is 0 Å². The number of nitrogens with one attached hydrogen (secondary N) is 1. The highest BCUT2D eigenvalue weighted by Gasteiger charge is 2.24. The molecule has 1 aromatic carbocycles. The van der Waals surface area contributed by atoms with Crippen molar-refractivity contribution in [2.75, 3.05) is 0 Å². The fraction of sp³-hybridized carbons (Fsp3) is 0.556. The van der Waals surface area contributed by atoms with Crippen LogP contribution in [0.4, 0.5) is 0 Å². The number of benzene rings is 1. The van der Waals surface area contributed by atoms with Gasteiger partial charge in [-0.05, 0) is 50.8 Å². The van der Waals surface area contributed by atoms with Crippen molar-refractivity contribution in [3.8, 4) is 5.75 Å². The Morgan fingerprint density at radius 1 is 1.13 bits per heavy atom. The number of amides is 1.